The van der Waals surface area contributed by atoms with Gasteiger partial charge in [0.2, 0.25) is 17.7 Å². The zero-order chi connectivity index (χ0) is 30.1. The fourth-order valence-electron chi connectivity index (χ4n) is 5.07. The van der Waals surface area contributed by atoms with Crippen LogP contribution in [-0.2, 0) is 20.9 Å². The number of benzene rings is 1. The van der Waals surface area contributed by atoms with E-state index in [2.05, 4.69) is 21.7 Å². The average Bonchev–Trinajstić information content (AvgIpc) is 3.47. The molecule has 12 heteroatoms. The van der Waals surface area contributed by atoms with E-state index in [0.29, 0.717) is 29.9 Å². The molecule has 3 N–H and O–H groups in total. The lowest BCUT2D eigenvalue weighted by molar-refractivity contribution is -0.144. The Kier molecular flexibility index (Phi) is 8.61. The summed E-state index contributed by atoms with van der Waals surface area (Å²) in [6.45, 7) is 7.35. The van der Waals surface area contributed by atoms with E-state index in [9.17, 15) is 24.8 Å². The number of hydrogen-bond acceptors (Lipinski definition) is 9. The highest BCUT2D eigenvalue weighted by molar-refractivity contribution is 7.13. The Labute approximate surface area is 243 Å². The van der Waals surface area contributed by atoms with Crippen molar-refractivity contribution in [3.05, 3.63) is 28.9 Å². The van der Waals surface area contributed by atoms with Gasteiger partial charge in [-0.3, -0.25) is 14.4 Å². The molecule has 3 amide bonds. The molecule has 2 aliphatic rings. The minimum Gasteiger partial charge on any atom is -0.496 e. The molecule has 4 rings (SSSR count). The van der Waals surface area contributed by atoms with E-state index >= 15 is 0 Å². The van der Waals surface area contributed by atoms with Crippen molar-refractivity contribution in [3.63, 3.8) is 0 Å². The third-order valence-electron chi connectivity index (χ3n) is 7.71. The van der Waals surface area contributed by atoms with Crippen molar-refractivity contribution in [1.29, 1.82) is 5.26 Å². The number of aliphatic hydroxyl groups excluding tert-OH is 1. The number of β-amino-alcohol motifs (C(OH)–C–C–N with tert-alkyl or cyclic N) is 1. The smallest absolute Gasteiger partial charge is 0.246 e. The lowest BCUT2D eigenvalue weighted by Gasteiger charge is -2.35. The molecule has 0 spiro atoms. The van der Waals surface area contributed by atoms with Crippen LogP contribution in [0.25, 0.3) is 10.4 Å². The molecule has 2 aromatic rings. The molecule has 1 aliphatic carbocycles. The number of nitriles is 1. The Bertz CT molecular complexity index is 1350. The summed E-state index contributed by atoms with van der Waals surface area (Å²) >= 11 is 1.50. The summed E-state index contributed by atoms with van der Waals surface area (Å²) in [4.78, 5) is 46.7. The van der Waals surface area contributed by atoms with Crippen LogP contribution in [0.5, 0.6) is 11.5 Å². The molecular formula is C29H37N5O6S. The predicted molar refractivity (Wildman–Crippen MR) is 152 cm³/mol. The quantitative estimate of drug-likeness (QED) is 0.407. The Morgan fingerprint density at radius 3 is 2.37 bits per heavy atom. The molecule has 3 atom stereocenters. The van der Waals surface area contributed by atoms with Gasteiger partial charge in [0.25, 0.3) is 0 Å². The SMILES string of the molecule is COc1cc(-c2scnc2C)cc(OC)c1CNC(=O)[C@@H]1C[C@@H](O)CN1C(=O)[C@H](NC(=O)C1(C#N)CC1)C(C)(C)C. The first-order valence-electron chi connectivity index (χ1n) is 13.5. The monoisotopic (exact) mass is 583 g/mol. The van der Waals surface area contributed by atoms with Gasteiger partial charge in [-0.15, -0.1) is 11.3 Å². The maximum atomic E-state index is 13.8. The van der Waals surface area contributed by atoms with Gasteiger partial charge in [-0.25, -0.2) is 4.98 Å². The first-order chi connectivity index (χ1) is 19.3. The number of carbonyl (C=O) groups is 3. The van der Waals surface area contributed by atoms with Crippen molar-refractivity contribution >= 4 is 29.1 Å². The molecule has 2 heterocycles. The number of aliphatic hydroxyl groups is 1. The van der Waals surface area contributed by atoms with Gasteiger partial charge in [0.15, 0.2) is 0 Å². The number of thiazole rings is 1. The molecule has 1 aliphatic heterocycles. The van der Waals surface area contributed by atoms with E-state index in [1.54, 1.807) is 26.3 Å². The van der Waals surface area contributed by atoms with Crippen LogP contribution >= 0.6 is 11.3 Å². The first kappa shape index (κ1) is 30.3. The summed E-state index contributed by atoms with van der Waals surface area (Å²) in [7, 11) is 3.08. The van der Waals surface area contributed by atoms with Crippen LogP contribution < -0.4 is 20.1 Å². The Hall–Kier alpha value is -3.69. The number of aromatic nitrogens is 1. The summed E-state index contributed by atoms with van der Waals surface area (Å²) in [6.07, 6.45) is 0.0605. The third-order valence-corrected chi connectivity index (χ3v) is 8.68. The molecule has 220 valence electrons. The Balaban J connectivity index is 1.53. The first-order valence-corrected chi connectivity index (χ1v) is 14.4. The highest BCUT2D eigenvalue weighted by Gasteiger charge is 2.53. The van der Waals surface area contributed by atoms with Gasteiger partial charge in [0.1, 0.15) is 29.0 Å². The van der Waals surface area contributed by atoms with Gasteiger partial charge < -0.3 is 30.1 Å². The van der Waals surface area contributed by atoms with Crippen LogP contribution in [0.4, 0.5) is 0 Å². The van der Waals surface area contributed by atoms with Gasteiger partial charge in [-0.1, -0.05) is 20.8 Å². The van der Waals surface area contributed by atoms with Crippen LogP contribution in [0, 0.1) is 29.1 Å². The highest BCUT2D eigenvalue weighted by atomic mass is 32.1. The van der Waals surface area contributed by atoms with E-state index in [1.807, 2.05) is 19.1 Å². The fraction of sp³-hybridized carbons (Fsp3) is 0.552. The van der Waals surface area contributed by atoms with E-state index in [1.165, 1.54) is 30.5 Å². The number of rotatable bonds is 9. The van der Waals surface area contributed by atoms with Gasteiger partial charge in [0, 0.05) is 18.5 Å². The summed E-state index contributed by atoms with van der Waals surface area (Å²) in [5, 5.41) is 25.5. The van der Waals surface area contributed by atoms with Crippen LogP contribution in [-0.4, -0.2) is 71.7 Å². The summed E-state index contributed by atoms with van der Waals surface area (Å²) in [6, 6.07) is 3.86. The summed E-state index contributed by atoms with van der Waals surface area (Å²) in [5.41, 5.74) is 2.35. The zero-order valence-electron chi connectivity index (χ0n) is 24.2. The maximum Gasteiger partial charge on any atom is 0.246 e. The van der Waals surface area contributed by atoms with Crippen molar-refractivity contribution in [2.45, 2.75) is 71.7 Å². The van der Waals surface area contributed by atoms with Crippen molar-refractivity contribution < 1.29 is 29.0 Å². The van der Waals surface area contributed by atoms with Gasteiger partial charge in [-0.2, -0.15) is 5.26 Å². The standard InChI is InChI=1S/C29H37N5O6S/c1-16-23(41-15-32-16)17-9-21(39-5)19(22(10-17)40-6)12-31-25(36)20-11-18(35)13-34(20)26(37)24(28(2,3)4)33-27(38)29(14-30)7-8-29/h9-10,15,18,20,24,35H,7-8,11-13H2,1-6H3,(H,31,36)(H,33,38)/t18-,20+,24+/m1/s1. The molecule has 0 radical (unpaired) electrons. The second-order valence-corrected chi connectivity index (χ2v) is 12.6. The van der Waals surface area contributed by atoms with E-state index in [4.69, 9.17) is 9.47 Å². The molecule has 1 aromatic carbocycles. The minimum atomic E-state index is -1.10. The lowest BCUT2D eigenvalue weighted by Crippen LogP contribution is -2.58. The van der Waals surface area contributed by atoms with Crippen molar-refractivity contribution in [2.24, 2.45) is 10.8 Å². The Morgan fingerprint density at radius 1 is 1.24 bits per heavy atom. The van der Waals surface area contributed by atoms with Crippen LogP contribution in [0.3, 0.4) is 0 Å². The summed E-state index contributed by atoms with van der Waals surface area (Å²) in [5.74, 6) is -0.361. The number of hydrogen-bond donors (Lipinski definition) is 3. The van der Waals surface area contributed by atoms with E-state index in [0.717, 1.165) is 16.1 Å². The zero-order valence-corrected chi connectivity index (χ0v) is 25.1. The second kappa shape index (κ2) is 11.7. The molecule has 1 saturated carbocycles. The number of methoxy groups -OCH3 is 2. The molecule has 1 aromatic heterocycles. The predicted octanol–water partition coefficient (Wildman–Crippen LogP) is 2.55. The molecule has 2 fully saturated rings. The van der Waals surface area contributed by atoms with Crippen LogP contribution in [0.2, 0.25) is 0 Å². The number of nitrogens with one attached hydrogen (secondary N) is 2. The Morgan fingerprint density at radius 2 is 1.88 bits per heavy atom. The molecule has 1 saturated heterocycles. The van der Waals surface area contributed by atoms with Crippen molar-refractivity contribution in [3.8, 4) is 28.0 Å². The molecule has 0 unspecified atom stereocenters. The minimum absolute atomic E-state index is 0.0434. The molecular weight excluding hydrogens is 546 g/mol. The molecule has 11 nitrogen and oxygen atoms in total. The number of carbonyl (C=O) groups excluding carboxylic acids is 3. The third kappa shape index (κ3) is 6.16. The molecule has 0 bridgehead atoms. The van der Waals surface area contributed by atoms with Crippen molar-refractivity contribution in [1.82, 2.24) is 20.5 Å². The topological polar surface area (TPSA) is 154 Å². The second-order valence-electron chi connectivity index (χ2n) is 11.7. The van der Waals surface area contributed by atoms with Crippen LogP contribution in [0.15, 0.2) is 17.6 Å². The van der Waals surface area contributed by atoms with Gasteiger partial charge in [0.05, 0.1) is 54.6 Å². The van der Waals surface area contributed by atoms with E-state index in [-0.39, 0.29) is 19.5 Å². The lowest BCUT2D eigenvalue weighted by atomic mass is 9.85. The molecule has 41 heavy (non-hydrogen) atoms. The highest BCUT2D eigenvalue weighted by Crippen LogP contribution is 2.45. The van der Waals surface area contributed by atoms with Gasteiger partial charge in [-0.05, 0) is 37.3 Å². The van der Waals surface area contributed by atoms with Gasteiger partial charge >= 0.3 is 0 Å². The number of aryl methyl sites for hydroxylation is 1. The number of ether oxygens (including phenoxy) is 2. The maximum absolute atomic E-state index is 13.8. The number of likely N-dealkylation sites (tertiary alicyclic amines) is 1. The van der Waals surface area contributed by atoms with Crippen molar-refractivity contribution in [2.75, 3.05) is 20.8 Å². The van der Waals surface area contributed by atoms with E-state index < -0.39 is 46.7 Å². The van der Waals surface area contributed by atoms with Crippen LogP contribution in [0.1, 0.15) is 51.3 Å². The average molecular weight is 584 g/mol. The number of amides is 3. The fourth-order valence-corrected chi connectivity index (χ4v) is 5.86. The summed E-state index contributed by atoms with van der Waals surface area (Å²) < 4.78 is 11.3. The normalized spacial score (nSPS) is 20.1. The number of nitrogens with zero attached hydrogens (tertiary/aromatic N) is 3. The largest absolute Gasteiger partial charge is 0.496 e.